The molecule has 1 aliphatic heterocycles. The van der Waals surface area contributed by atoms with Gasteiger partial charge in [0.05, 0.1) is 18.9 Å². The van der Waals surface area contributed by atoms with Crippen molar-refractivity contribution in [3.05, 3.63) is 46.3 Å². The lowest BCUT2D eigenvalue weighted by molar-refractivity contribution is 0.110. The molecule has 1 aliphatic rings. The maximum Gasteiger partial charge on any atom is 0.327 e. The van der Waals surface area contributed by atoms with Gasteiger partial charge in [-0.1, -0.05) is 23.7 Å². The molecule has 0 spiro atoms. The van der Waals surface area contributed by atoms with Gasteiger partial charge in [0.2, 0.25) is 5.95 Å². The van der Waals surface area contributed by atoms with Crippen LogP contribution in [0.4, 0.5) is 5.95 Å². The number of oxazole rings is 1. The Balaban J connectivity index is 0.000000178. The average molecular weight is 406 g/mol. The van der Waals surface area contributed by atoms with E-state index in [9.17, 15) is 4.79 Å². The number of carbonyl (C=O) groups is 1. The minimum absolute atomic E-state index is 0.272. The molecule has 0 radical (unpaired) electrons. The molecule has 0 aliphatic carbocycles. The van der Waals surface area contributed by atoms with Gasteiger partial charge in [0.25, 0.3) is 0 Å². The number of halogens is 1. The zero-order valence-corrected chi connectivity index (χ0v) is 17.0. The van der Waals surface area contributed by atoms with Gasteiger partial charge in [0, 0.05) is 24.7 Å². The standard InChI is InChI=1S/C10H12N4O3.C9H12ClN/c1-7-8(6-15)17-10-11-9(12-14(7)10)13-2-4-16-5-3-13;1-11(2)7-8-3-5-9(10)6-4-8/h6H,2-5H2,1H3;3-6H,7H2,1-2H3. The lowest BCUT2D eigenvalue weighted by atomic mass is 10.2. The Labute approximate surface area is 168 Å². The number of aromatic nitrogens is 3. The van der Waals surface area contributed by atoms with Crippen LogP contribution in [0.5, 0.6) is 0 Å². The summed E-state index contributed by atoms with van der Waals surface area (Å²) in [5.41, 5.74) is 1.96. The predicted molar refractivity (Wildman–Crippen MR) is 107 cm³/mol. The monoisotopic (exact) mass is 405 g/mol. The van der Waals surface area contributed by atoms with E-state index in [4.69, 9.17) is 20.8 Å². The minimum atomic E-state index is 0.272. The molecule has 3 heterocycles. The van der Waals surface area contributed by atoms with E-state index in [0.29, 0.717) is 37.0 Å². The molecule has 0 amide bonds. The SMILES string of the molecule is CN(C)Cc1ccc(Cl)cc1.Cc1c(C=O)oc2nc(N3CCOCC3)nn12. The second kappa shape index (κ2) is 9.18. The van der Waals surface area contributed by atoms with Gasteiger partial charge in [-0.25, -0.2) is 0 Å². The predicted octanol–water partition coefficient (Wildman–Crippen LogP) is 2.68. The van der Waals surface area contributed by atoms with Crippen LogP contribution in [0.1, 0.15) is 21.8 Å². The van der Waals surface area contributed by atoms with Crippen molar-refractivity contribution in [1.29, 1.82) is 0 Å². The minimum Gasteiger partial charge on any atom is -0.419 e. The van der Waals surface area contributed by atoms with E-state index in [1.54, 1.807) is 11.4 Å². The quantitative estimate of drug-likeness (QED) is 0.617. The van der Waals surface area contributed by atoms with Crippen LogP contribution in [0.15, 0.2) is 28.7 Å². The third kappa shape index (κ3) is 4.89. The highest BCUT2D eigenvalue weighted by Gasteiger charge is 2.19. The Kier molecular flexibility index (Phi) is 6.66. The summed E-state index contributed by atoms with van der Waals surface area (Å²) in [5.74, 6) is 1.24. The fourth-order valence-electron chi connectivity index (χ4n) is 2.81. The van der Waals surface area contributed by atoms with Crippen LogP contribution < -0.4 is 4.90 Å². The molecular weight excluding hydrogens is 382 g/mol. The zero-order valence-electron chi connectivity index (χ0n) is 16.3. The second-order valence-electron chi connectivity index (χ2n) is 6.74. The number of hydrogen-bond acceptors (Lipinski definition) is 7. The number of hydrogen-bond donors (Lipinski definition) is 0. The lowest BCUT2D eigenvalue weighted by Gasteiger charge is -2.25. The number of morpholine rings is 1. The molecule has 0 atom stereocenters. The summed E-state index contributed by atoms with van der Waals surface area (Å²) in [6, 6.07) is 7.92. The van der Waals surface area contributed by atoms with Crippen LogP contribution in [-0.4, -0.2) is 66.2 Å². The molecule has 3 aromatic rings. The van der Waals surface area contributed by atoms with E-state index in [2.05, 4.69) is 29.1 Å². The highest BCUT2D eigenvalue weighted by Crippen LogP contribution is 2.17. The molecule has 28 heavy (non-hydrogen) atoms. The number of benzene rings is 1. The Morgan fingerprint density at radius 2 is 1.89 bits per heavy atom. The van der Waals surface area contributed by atoms with E-state index in [1.807, 2.05) is 29.2 Å². The molecule has 0 saturated carbocycles. The number of ether oxygens (including phenoxy) is 1. The van der Waals surface area contributed by atoms with Gasteiger partial charge in [0.1, 0.15) is 0 Å². The molecule has 1 saturated heterocycles. The Morgan fingerprint density at radius 3 is 2.46 bits per heavy atom. The maximum atomic E-state index is 10.7. The summed E-state index contributed by atoms with van der Waals surface area (Å²) in [6.07, 6.45) is 0.667. The van der Waals surface area contributed by atoms with Crippen molar-refractivity contribution in [2.24, 2.45) is 0 Å². The average Bonchev–Trinajstić information content (AvgIpc) is 3.24. The lowest BCUT2D eigenvalue weighted by Crippen LogP contribution is -2.36. The van der Waals surface area contributed by atoms with Gasteiger partial charge >= 0.3 is 5.84 Å². The van der Waals surface area contributed by atoms with E-state index in [-0.39, 0.29) is 5.76 Å². The topological polar surface area (TPSA) is 76.1 Å². The number of fused-ring (bicyclic) bond motifs is 1. The zero-order chi connectivity index (χ0) is 20.1. The molecule has 150 valence electrons. The summed E-state index contributed by atoms with van der Waals surface area (Å²) in [6.45, 7) is 5.65. The van der Waals surface area contributed by atoms with E-state index < -0.39 is 0 Å². The second-order valence-corrected chi connectivity index (χ2v) is 7.18. The van der Waals surface area contributed by atoms with Gasteiger partial charge in [-0.15, -0.1) is 5.10 Å². The number of aryl methyl sites for hydroxylation is 1. The van der Waals surface area contributed by atoms with Crippen molar-refractivity contribution in [3.63, 3.8) is 0 Å². The van der Waals surface area contributed by atoms with Crippen LogP contribution in [0.3, 0.4) is 0 Å². The summed E-state index contributed by atoms with van der Waals surface area (Å²) < 4.78 is 12.1. The number of anilines is 1. The van der Waals surface area contributed by atoms with Gasteiger partial charge < -0.3 is 19.0 Å². The molecule has 9 heteroatoms. The highest BCUT2D eigenvalue weighted by molar-refractivity contribution is 6.30. The maximum absolute atomic E-state index is 10.7. The van der Waals surface area contributed by atoms with Crippen molar-refractivity contribution in [3.8, 4) is 0 Å². The first-order chi connectivity index (χ1) is 13.5. The third-order valence-corrected chi connectivity index (χ3v) is 4.51. The largest absolute Gasteiger partial charge is 0.419 e. The van der Waals surface area contributed by atoms with Crippen molar-refractivity contribution in [1.82, 2.24) is 19.5 Å². The van der Waals surface area contributed by atoms with Crippen LogP contribution in [-0.2, 0) is 11.3 Å². The van der Waals surface area contributed by atoms with Crippen LogP contribution in [0.25, 0.3) is 5.84 Å². The molecule has 4 rings (SSSR count). The first-order valence-electron chi connectivity index (χ1n) is 9.01. The van der Waals surface area contributed by atoms with Gasteiger partial charge in [-0.3, -0.25) is 4.79 Å². The van der Waals surface area contributed by atoms with Gasteiger partial charge in [-0.2, -0.15) is 9.50 Å². The van der Waals surface area contributed by atoms with Crippen molar-refractivity contribution >= 4 is 29.7 Å². The molecule has 1 fully saturated rings. The van der Waals surface area contributed by atoms with E-state index >= 15 is 0 Å². The van der Waals surface area contributed by atoms with Gasteiger partial charge in [0.15, 0.2) is 12.0 Å². The normalized spacial score (nSPS) is 14.2. The summed E-state index contributed by atoms with van der Waals surface area (Å²) in [5, 5.41) is 5.13. The molecule has 0 bridgehead atoms. The molecule has 0 N–H and O–H groups in total. The molecule has 1 aromatic carbocycles. The number of nitrogens with zero attached hydrogens (tertiary/aromatic N) is 5. The van der Waals surface area contributed by atoms with Crippen molar-refractivity contribution in [2.45, 2.75) is 13.5 Å². The van der Waals surface area contributed by atoms with E-state index in [1.165, 1.54) is 5.56 Å². The smallest absolute Gasteiger partial charge is 0.327 e. The van der Waals surface area contributed by atoms with Crippen LogP contribution in [0, 0.1) is 6.92 Å². The Morgan fingerprint density at radius 1 is 1.21 bits per heavy atom. The number of rotatable bonds is 4. The fraction of sp³-hybridized carbons (Fsp3) is 0.421. The highest BCUT2D eigenvalue weighted by atomic mass is 35.5. The fourth-order valence-corrected chi connectivity index (χ4v) is 2.94. The molecular formula is C19H24ClN5O3. The van der Waals surface area contributed by atoms with Crippen molar-refractivity contribution < 1.29 is 13.9 Å². The summed E-state index contributed by atoms with van der Waals surface area (Å²) in [7, 11) is 4.10. The Bertz CT molecular complexity index is 914. The van der Waals surface area contributed by atoms with E-state index in [0.717, 1.165) is 24.7 Å². The first kappa shape index (κ1) is 20.3. The summed E-state index contributed by atoms with van der Waals surface area (Å²) in [4.78, 5) is 19.1. The first-order valence-corrected chi connectivity index (χ1v) is 9.39. The van der Waals surface area contributed by atoms with Crippen molar-refractivity contribution in [2.75, 3.05) is 45.3 Å². The number of carbonyl (C=O) groups excluding carboxylic acids is 1. The Hall–Kier alpha value is -2.42. The van der Waals surface area contributed by atoms with Crippen LogP contribution >= 0.6 is 11.6 Å². The number of aldehydes is 1. The molecule has 0 unspecified atom stereocenters. The third-order valence-electron chi connectivity index (χ3n) is 4.25. The van der Waals surface area contributed by atoms with Gasteiger partial charge in [-0.05, 0) is 38.7 Å². The summed E-state index contributed by atoms with van der Waals surface area (Å²) >= 11 is 5.73. The van der Waals surface area contributed by atoms with Crippen LogP contribution in [0.2, 0.25) is 5.02 Å². The molecule has 2 aromatic heterocycles. The molecule has 8 nitrogen and oxygen atoms in total.